The van der Waals surface area contributed by atoms with Crippen LogP contribution in [0.4, 0.5) is 0 Å². The molecule has 146 valence electrons. The van der Waals surface area contributed by atoms with Crippen LogP contribution in [-0.2, 0) is 16.8 Å². The van der Waals surface area contributed by atoms with Crippen LogP contribution in [0.1, 0.15) is 68.6 Å². The van der Waals surface area contributed by atoms with Gasteiger partial charge in [-0.15, -0.1) is 0 Å². The third kappa shape index (κ3) is 4.95. The summed E-state index contributed by atoms with van der Waals surface area (Å²) in [6.45, 7) is 9.46. The van der Waals surface area contributed by atoms with Gasteiger partial charge in [-0.2, -0.15) is 0 Å². The van der Waals surface area contributed by atoms with Crippen LogP contribution in [-0.4, -0.2) is 21.3 Å². The number of hydrogen-bond acceptors (Lipinski definition) is 5. The molecule has 2 aromatic rings. The highest BCUT2D eigenvalue weighted by Gasteiger charge is 2.33. The molecule has 0 atom stereocenters. The predicted molar refractivity (Wildman–Crippen MR) is 104 cm³/mol. The zero-order valence-corrected chi connectivity index (χ0v) is 16.7. The molecule has 5 heteroatoms. The van der Waals surface area contributed by atoms with Crippen molar-refractivity contribution in [1.82, 2.24) is 0 Å². The molecule has 0 saturated carbocycles. The lowest BCUT2D eigenvalue weighted by Crippen LogP contribution is -2.27. The maximum atomic E-state index is 12.6. The molecule has 0 bridgehead atoms. The molecular weight excluding hydrogens is 344 g/mol. The molecule has 0 amide bonds. The Kier molecular flexibility index (Phi) is 5.53. The molecule has 0 unspecified atom stereocenters. The van der Waals surface area contributed by atoms with Gasteiger partial charge in [-0.25, -0.2) is 4.79 Å². The Labute approximate surface area is 160 Å². The van der Waals surface area contributed by atoms with Crippen molar-refractivity contribution < 1.29 is 24.9 Å². The van der Waals surface area contributed by atoms with Crippen LogP contribution >= 0.6 is 0 Å². The Hall–Kier alpha value is -2.21. The lowest BCUT2D eigenvalue weighted by molar-refractivity contribution is 0.0551. The van der Waals surface area contributed by atoms with Gasteiger partial charge < -0.3 is 20.1 Å². The normalized spacial score (nSPS) is 12.8. The second kappa shape index (κ2) is 7.08. The molecule has 0 fully saturated rings. The summed E-state index contributed by atoms with van der Waals surface area (Å²) in [5.74, 6) is -0.500. The molecule has 0 aliphatic carbocycles. The smallest absolute Gasteiger partial charge is 0.343 e. The minimum atomic E-state index is -1.37. The molecular formula is C22H28O5. The molecule has 2 rings (SSSR count). The number of hydrogen-bond donors (Lipinski definition) is 3. The molecule has 27 heavy (non-hydrogen) atoms. The number of carbonyl (C=O) groups is 1. The second-order valence-corrected chi connectivity index (χ2v) is 8.33. The van der Waals surface area contributed by atoms with E-state index in [1.165, 1.54) is 0 Å². The predicted octanol–water partition coefficient (Wildman–Crippen LogP) is 3.59. The van der Waals surface area contributed by atoms with E-state index in [-0.39, 0.29) is 5.75 Å². The van der Waals surface area contributed by atoms with Gasteiger partial charge in [0.2, 0.25) is 0 Å². The third-order valence-corrected chi connectivity index (χ3v) is 4.32. The zero-order chi connectivity index (χ0) is 20.6. The summed E-state index contributed by atoms with van der Waals surface area (Å²) in [6.07, 6.45) is 0. The highest BCUT2D eigenvalue weighted by molar-refractivity contribution is 5.91. The number of carbonyl (C=O) groups excluding carboxylic acids is 1. The van der Waals surface area contributed by atoms with Crippen molar-refractivity contribution in [3.05, 3.63) is 64.7 Å². The number of benzene rings is 2. The monoisotopic (exact) mass is 372 g/mol. The van der Waals surface area contributed by atoms with Crippen molar-refractivity contribution >= 4 is 5.97 Å². The fourth-order valence-corrected chi connectivity index (χ4v) is 2.73. The first-order chi connectivity index (χ1) is 12.2. The first-order valence-corrected chi connectivity index (χ1v) is 8.85. The van der Waals surface area contributed by atoms with Gasteiger partial charge in [0.25, 0.3) is 0 Å². The Balaban J connectivity index is 2.71. The molecule has 0 spiro atoms. The average molecular weight is 372 g/mol. The Morgan fingerprint density at radius 3 is 1.59 bits per heavy atom. The van der Waals surface area contributed by atoms with Crippen molar-refractivity contribution in [2.24, 2.45) is 0 Å². The quantitative estimate of drug-likeness (QED) is 0.551. The van der Waals surface area contributed by atoms with E-state index in [1.807, 2.05) is 0 Å². The van der Waals surface area contributed by atoms with Gasteiger partial charge in [0.15, 0.2) is 0 Å². The van der Waals surface area contributed by atoms with Gasteiger partial charge >= 0.3 is 5.97 Å². The standard InChI is InChI=1S/C22H28O5/c1-20(2,24)15-12-16(21(3,4)25)18(17(13-15)22(5,6)26)27-19(23)14-10-8-7-9-11-14/h7-13,24-26H,1-6H3. The average Bonchev–Trinajstić information content (AvgIpc) is 2.52. The molecule has 0 aromatic heterocycles. The third-order valence-electron chi connectivity index (χ3n) is 4.32. The fraction of sp³-hybridized carbons (Fsp3) is 0.409. The van der Waals surface area contributed by atoms with Crippen molar-refractivity contribution in [1.29, 1.82) is 0 Å². The number of rotatable bonds is 5. The van der Waals surface area contributed by atoms with Crippen LogP contribution < -0.4 is 4.74 Å². The molecule has 0 saturated heterocycles. The summed E-state index contributed by atoms with van der Waals surface area (Å²) in [4.78, 5) is 12.6. The summed E-state index contributed by atoms with van der Waals surface area (Å²) in [7, 11) is 0. The van der Waals surface area contributed by atoms with E-state index in [4.69, 9.17) is 4.74 Å². The van der Waals surface area contributed by atoms with Crippen LogP contribution in [0.2, 0.25) is 0 Å². The SMILES string of the molecule is CC(C)(O)c1cc(C(C)(C)O)c(OC(=O)c2ccccc2)c(C(C)(C)O)c1. The topological polar surface area (TPSA) is 87.0 Å². The van der Waals surface area contributed by atoms with Crippen molar-refractivity contribution in [3.63, 3.8) is 0 Å². The maximum Gasteiger partial charge on any atom is 0.343 e. The van der Waals surface area contributed by atoms with E-state index in [2.05, 4.69) is 0 Å². The summed E-state index contributed by atoms with van der Waals surface area (Å²) < 4.78 is 5.64. The van der Waals surface area contributed by atoms with Crippen molar-refractivity contribution in [2.75, 3.05) is 0 Å². The van der Waals surface area contributed by atoms with E-state index in [0.717, 1.165) is 0 Å². The molecule has 3 N–H and O–H groups in total. The Morgan fingerprint density at radius 1 is 0.778 bits per heavy atom. The van der Waals surface area contributed by atoms with E-state index in [0.29, 0.717) is 22.3 Å². The lowest BCUT2D eigenvalue weighted by atomic mass is 9.84. The van der Waals surface area contributed by atoms with Gasteiger partial charge in [0, 0.05) is 11.1 Å². The van der Waals surface area contributed by atoms with Gasteiger partial charge in [-0.1, -0.05) is 18.2 Å². The van der Waals surface area contributed by atoms with E-state index in [9.17, 15) is 20.1 Å². The summed E-state index contributed by atoms with van der Waals surface area (Å²) in [5.41, 5.74) is -2.47. The lowest BCUT2D eigenvalue weighted by Gasteiger charge is -2.31. The van der Waals surface area contributed by atoms with E-state index < -0.39 is 22.8 Å². The largest absolute Gasteiger partial charge is 0.422 e. The summed E-state index contributed by atoms with van der Waals surface area (Å²) in [5, 5.41) is 31.8. The molecule has 0 radical (unpaired) electrons. The van der Waals surface area contributed by atoms with Crippen LogP contribution in [0.3, 0.4) is 0 Å². The summed E-state index contributed by atoms with van der Waals surface area (Å²) >= 11 is 0. The highest BCUT2D eigenvalue weighted by Crippen LogP contribution is 2.41. The zero-order valence-electron chi connectivity index (χ0n) is 16.7. The van der Waals surface area contributed by atoms with Gasteiger partial charge in [-0.3, -0.25) is 0 Å². The van der Waals surface area contributed by atoms with Gasteiger partial charge in [0.05, 0.1) is 22.4 Å². The molecule has 0 aliphatic heterocycles. The minimum absolute atomic E-state index is 0.0943. The number of ether oxygens (including phenoxy) is 1. The maximum absolute atomic E-state index is 12.6. The molecule has 0 heterocycles. The van der Waals surface area contributed by atoms with E-state index >= 15 is 0 Å². The van der Waals surface area contributed by atoms with Crippen molar-refractivity contribution in [2.45, 2.75) is 58.3 Å². The fourth-order valence-electron chi connectivity index (χ4n) is 2.73. The summed E-state index contributed by atoms with van der Waals surface area (Å²) in [6, 6.07) is 11.7. The van der Waals surface area contributed by atoms with Crippen LogP contribution in [0.5, 0.6) is 5.75 Å². The second-order valence-electron chi connectivity index (χ2n) is 8.33. The van der Waals surface area contributed by atoms with Crippen molar-refractivity contribution in [3.8, 4) is 5.75 Å². The van der Waals surface area contributed by atoms with Gasteiger partial charge in [-0.05, 0) is 71.4 Å². The highest BCUT2D eigenvalue weighted by atomic mass is 16.5. The van der Waals surface area contributed by atoms with Crippen LogP contribution in [0.15, 0.2) is 42.5 Å². The molecule has 2 aromatic carbocycles. The first kappa shape index (κ1) is 21.1. The molecule has 5 nitrogen and oxygen atoms in total. The van der Waals surface area contributed by atoms with Crippen LogP contribution in [0.25, 0.3) is 0 Å². The Morgan fingerprint density at radius 2 is 1.22 bits per heavy atom. The van der Waals surface area contributed by atoms with Crippen LogP contribution in [0, 0.1) is 0 Å². The molecule has 0 aliphatic rings. The first-order valence-electron chi connectivity index (χ1n) is 8.85. The number of aliphatic hydroxyl groups is 3. The van der Waals surface area contributed by atoms with Gasteiger partial charge in [0.1, 0.15) is 5.75 Å². The minimum Gasteiger partial charge on any atom is -0.422 e. The van der Waals surface area contributed by atoms with E-state index in [1.54, 1.807) is 84.0 Å². The number of esters is 1. The Bertz CT molecular complexity index is 784.